The molecule has 0 bridgehead atoms. The first-order valence-corrected chi connectivity index (χ1v) is 20.9. The van der Waals surface area contributed by atoms with Gasteiger partial charge in [-0.05, 0) is 72.5 Å². The molecule has 55 heavy (non-hydrogen) atoms. The Labute approximate surface area is 344 Å². The highest BCUT2D eigenvalue weighted by atomic mass is 35.5. The lowest BCUT2D eigenvalue weighted by molar-refractivity contribution is 0.103. The Bertz CT molecular complexity index is 2470. The van der Waals surface area contributed by atoms with Gasteiger partial charge in [0.1, 0.15) is 33.2 Å². The van der Waals surface area contributed by atoms with Crippen LogP contribution in [0, 0.1) is 13.8 Å². The molecule has 0 aliphatic carbocycles. The van der Waals surface area contributed by atoms with E-state index in [9.17, 15) is 9.59 Å². The third kappa shape index (κ3) is 9.82. The Kier molecular flexibility index (Phi) is 13.4. The molecule has 1 amide bonds. The molecule has 0 aliphatic heterocycles. The van der Waals surface area contributed by atoms with Gasteiger partial charge in [0.05, 0.1) is 35.6 Å². The van der Waals surface area contributed by atoms with Gasteiger partial charge >= 0.3 is 0 Å². The minimum atomic E-state index is -0.308. The largest absolute Gasteiger partial charge is 0.497 e. The highest BCUT2D eigenvalue weighted by Crippen LogP contribution is 2.34. The predicted molar refractivity (Wildman–Crippen MR) is 229 cm³/mol. The van der Waals surface area contributed by atoms with Gasteiger partial charge in [-0.15, -0.1) is 22.7 Å². The number of rotatable bonds is 11. The molecule has 0 saturated carbocycles. The SMILES string of the molecule is COc1ccc(CSc2nc(N)c(C(=O)Nc3c(C)cccc3Cl)s2)cc1.COc1ccc(CSc2nc3ncn(-c4c(C)cccc4Cl)c(=O)c3s2)cc1. The number of carbonyl (C=O) groups is 1. The van der Waals surface area contributed by atoms with Crippen molar-refractivity contribution >= 4 is 97.2 Å². The Morgan fingerprint density at radius 1 is 0.800 bits per heavy atom. The van der Waals surface area contributed by atoms with E-state index in [2.05, 4.69) is 20.3 Å². The van der Waals surface area contributed by atoms with Gasteiger partial charge in [-0.25, -0.2) is 15.0 Å². The maximum atomic E-state index is 13.0. The number of hydrogen-bond donors (Lipinski definition) is 2. The van der Waals surface area contributed by atoms with Crippen LogP contribution in [0.25, 0.3) is 16.0 Å². The number of amides is 1. The van der Waals surface area contributed by atoms with Crippen LogP contribution in [0.1, 0.15) is 31.9 Å². The van der Waals surface area contributed by atoms with Gasteiger partial charge in [0, 0.05) is 11.5 Å². The van der Waals surface area contributed by atoms with Crippen molar-refractivity contribution in [1.82, 2.24) is 19.5 Å². The molecule has 0 spiro atoms. The van der Waals surface area contributed by atoms with E-state index < -0.39 is 0 Å². The maximum absolute atomic E-state index is 13.0. The van der Waals surface area contributed by atoms with Gasteiger partial charge in [-0.3, -0.25) is 14.2 Å². The summed E-state index contributed by atoms with van der Waals surface area (Å²) < 4.78 is 13.9. The van der Waals surface area contributed by atoms with Gasteiger partial charge in [0.2, 0.25) is 0 Å². The molecule has 0 saturated heterocycles. The Hall–Kier alpha value is -4.57. The van der Waals surface area contributed by atoms with Gasteiger partial charge in [0.15, 0.2) is 14.3 Å². The third-order valence-electron chi connectivity index (χ3n) is 8.07. The van der Waals surface area contributed by atoms with E-state index in [1.54, 1.807) is 38.1 Å². The number of thioether (sulfide) groups is 2. The number of para-hydroxylation sites is 2. The van der Waals surface area contributed by atoms with Crippen LogP contribution in [-0.4, -0.2) is 39.6 Å². The van der Waals surface area contributed by atoms with Gasteiger partial charge in [-0.1, -0.05) is 95.3 Å². The molecule has 7 aromatic rings. The highest BCUT2D eigenvalue weighted by molar-refractivity contribution is 8.00. The number of fused-ring (bicyclic) bond motifs is 1. The lowest BCUT2D eigenvalue weighted by Gasteiger charge is -2.10. The van der Waals surface area contributed by atoms with Crippen molar-refractivity contribution in [2.45, 2.75) is 34.0 Å². The van der Waals surface area contributed by atoms with Crippen LogP contribution in [0.5, 0.6) is 11.5 Å². The van der Waals surface area contributed by atoms with Gasteiger partial charge in [-0.2, -0.15) is 0 Å². The number of methoxy groups -OCH3 is 2. The molecule has 3 heterocycles. The zero-order valence-electron chi connectivity index (χ0n) is 30.0. The van der Waals surface area contributed by atoms with Crippen LogP contribution in [0.3, 0.4) is 0 Å². The second kappa shape index (κ2) is 18.4. The van der Waals surface area contributed by atoms with E-state index in [1.807, 2.05) is 86.6 Å². The monoisotopic (exact) mass is 848 g/mol. The number of benzene rings is 4. The Morgan fingerprint density at radius 3 is 1.93 bits per heavy atom. The zero-order valence-corrected chi connectivity index (χ0v) is 34.7. The van der Waals surface area contributed by atoms with Crippen molar-refractivity contribution in [1.29, 1.82) is 0 Å². The highest BCUT2D eigenvalue weighted by Gasteiger charge is 2.19. The first-order valence-electron chi connectivity index (χ1n) is 16.5. The summed E-state index contributed by atoms with van der Waals surface area (Å²) in [6.07, 6.45) is 1.50. The molecular formula is C39H34Cl2N6O4S4. The summed E-state index contributed by atoms with van der Waals surface area (Å²) in [6.45, 7) is 3.80. The summed E-state index contributed by atoms with van der Waals surface area (Å²) >= 11 is 18.2. The van der Waals surface area contributed by atoms with Crippen molar-refractivity contribution in [2.75, 3.05) is 25.3 Å². The molecule has 3 aromatic heterocycles. The van der Waals surface area contributed by atoms with Crippen LogP contribution in [0.15, 0.2) is 105 Å². The molecule has 10 nitrogen and oxygen atoms in total. The maximum Gasteiger partial charge on any atom is 0.277 e. The third-order valence-corrected chi connectivity index (χ3v) is 13.2. The topological polar surface area (TPSA) is 134 Å². The second-order valence-corrected chi connectivity index (χ2v) is 17.1. The fourth-order valence-electron chi connectivity index (χ4n) is 5.17. The van der Waals surface area contributed by atoms with Crippen LogP contribution in [0.4, 0.5) is 11.5 Å². The number of nitrogens with one attached hydrogen (secondary N) is 1. The molecule has 7 rings (SSSR count). The number of halogens is 2. The number of nitrogen functional groups attached to an aromatic ring is 1. The lowest BCUT2D eigenvalue weighted by Crippen LogP contribution is -2.19. The molecule has 0 fully saturated rings. The van der Waals surface area contributed by atoms with Crippen molar-refractivity contribution in [2.24, 2.45) is 0 Å². The van der Waals surface area contributed by atoms with Gasteiger partial charge < -0.3 is 20.5 Å². The molecule has 282 valence electrons. The van der Waals surface area contributed by atoms with E-state index in [-0.39, 0.29) is 17.3 Å². The Morgan fingerprint density at radius 2 is 1.36 bits per heavy atom. The van der Waals surface area contributed by atoms with E-state index >= 15 is 0 Å². The van der Waals surface area contributed by atoms with Crippen LogP contribution in [-0.2, 0) is 11.5 Å². The minimum Gasteiger partial charge on any atom is -0.497 e. The molecular weight excluding hydrogens is 816 g/mol. The van der Waals surface area contributed by atoms with Crippen LogP contribution >= 0.6 is 69.4 Å². The van der Waals surface area contributed by atoms with Crippen LogP contribution < -0.4 is 26.1 Å². The standard InChI is InChI=1S/C20H16ClN3O2S2.C19H18ClN3O2S2/c1-12-4-3-5-15(21)16(12)24-11-22-18-17(19(24)25)28-20(23-18)27-10-13-6-8-14(26-2)9-7-13;1-11-4-3-5-14(20)15(11)22-18(24)16-17(21)23-19(27-16)26-10-12-6-8-13(25-2)9-7-12/h3-9,11H,10H2,1-2H3;3-9H,10,21H2,1-2H3,(H,22,24). The number of nitrogens with two attached hydrogens (primary N) is 1. The first kappa shape index (κ1) is 40.1. The smallest absolute Gasteiger partial charge is 0.277 e. The number of anilines is 2. The van der Waals surface area contributed by atoms with E-state index in [0.717, 1.165) is 53.9 Å². The number of nitrogens with zero attached hydrogens (tertiary/aromatic N) is 4. The van der Waals surface area contributed by atoms with Crippen LogP contribution in [0.2, 0.25) is 10.0 Å². The number of carbonyl (C=O) groups excluding carboxylic acids is 1. The summed E-state index contributed by atoms with van der Waals surface area (Å²) in [6, 6.07) is 26.7. The van der Waals surface area contributed by atoms with Crippen molar-refractivity contribution in [3.63, 3.8) is 0 Å². The number of ether oxygens (including phenoxy) is 2. The van der Waals surface area contributed by atoms with Crippen molar-refractivity contribution < 1.29 is 14.3 Å². The second-order valence-electron chi connectivity index (χ2n) is 11.8. The number of aryl methyl sites for hydroxylation is 2. The summed E-state index contributed by atoms with van der Waals surface area (Å²) in [4.78, 5) is 39.2. The molecule has 0 aliphatic rings. The molecule has 0 atom stereocenters. The number of aromatic nitrogens is 4. The summed E-state index contributed by atoms with van der Waals surface area (Å²) in [5, 5.41) is 3.83. The molecule has 3 N–H and O–H groups in total. The lowest BCUT2D eigenvalue weighted by atomic mass is 10.2. The fourth-order valence-corrected chi connectivity index (χ4v) is 9.65. The van der Waals surface area contributed by atoms with Crippen molar-refractivity contribution in [3.05, 3.63) is 139 Å². The van der Waals surface area contributed by atoms with E-state index in [4.69, 9.17) is 38.4 Å². The number of thiazole rings is 2. The molecule has 16 heteroatoms. The number of hydrogen-bond acceptors (Lipinski definition) is 12. The first-order chi connectivity index (χ1) is 26.5. The normalized spacial score (nSPS) is 10.9. The summed E-state index contributed by atoms with van der Waals surface area (Å²) in [7, 11) is 3.29. The summed E-state index contributed by atoms with van der Waals surface area (Å²) in [5.74, 6) is 3.03. The Balaban J connectivity index is 0.000000187. The van der Waals surface area contributed by atoms with E-state index in [0.29, 0.717) is 36.6 Å². The molecule has 0 unspecified atom stereocenters. The van der Waals surface area contributed by atoms with Crippen molar-refractivity contribution in [3.8, 4) is 17.2 Å². The quantitative estimate of drug-likeness (QED) is 0.121. The average Bonchev–Trinajstić information content (AvgIpc) is 3.79. The summed E-state index contributed by atoms with van der Waals surface area (Å²) in [5.41, 5.74) is 11.6. The minimum absolute atomic E-state index is 0.157. The predicted octanol–water partition coefficient (Wildman–Crippen LogP) is 10.3. The van der Waals surface area contributed by atoms with E-state index in [1.165, 1.54) is 45.3 Å². The fraction of sp³-hybridized carbons (Fsp3) is 0.154. The average molecular weight is 850 g/mol. The molecule has 0 radical (unpaired) electrons. The molecule has 4 aromatic carbocycles. The van der Waals surface area contributed by atoms with Gasteiger partial charge in [0.25, 0.3) is 11.5 Å². The zero-order chi connectivity index (χ0) is 39.1.